The maximum absolute atomic E-state index is 15.6. The van der Waals surface area contributed by atoms with Crippen molar-refractivity contribution in [2.45, 2.75) is 63.8 Å². The topological polar surface area (TPSA) is 78.3 Å². The van der Waals surface area contributed by atoms with Gasteiger partial charge in [-0.3, -0.25) is 4.79 Å². The Kier molecular flexibility index (Phi) is 8.90. The third-order valence-corrected chi connectivity index (χ3v) is 12.4. The number of anilines is 1. The molecule has 3 heterocycles. The van der Waals surface area contributed by atoms with Gasteiger partial charge in [0.25, 0.3) is 5.56 Å². The molecule has 0 spiro atoms. The van der Waals surface area contributed by atoms with Gasteiger partial charge in [-0.2, -0.15) is 0 Å². The summed E-state index contributed by atoms with van der Waals surface area (Å²) < 4.78 is 43.1. The minimum absolute atomic E-state index is 0.0365. The van der Waals surface area contributed by atoms with Crippen LogP contribution in [0.3, 0.4) is 0 Å². The van der Waals surface area contributed by atoms with Crippen molar-refractivity contribution in [3.8, 4) is 11.3 Å². The van der Waals surface area contributed by atoms with E-state index in [4.69, 9.17) is 20.8 Å². The zero-order valence-corrected chi connectivity index (χ0v) is 24.7. The smallest absolute Gasteiger partial charge is 0.252 e. The van der Waals surface area contributed by atoms with E-state index in [0.29, 0.717) is 24.7 Å². The van der Waals surface area contributed by atoms with Gasteiger partial charge in [0.2, 0.25) is 5.95 Å². The highest BCUT2D eigenvalue weighted by atomic mass is 35.5. The Morgan fingerprint density at radius 1 is 1.18 bits per heavy atom. The van der Waals surface area contributed by atoms with Gasteiger partial charge in [0.05, 0.1) is 23.4 Å². The first-order valence-corrected chi connectivity index (χ1v) is 16.3. The highest BCUT2D eigenvalue weighted by molar-refractivity contribution is 6.74. The normalized spacial score (nSPS) is 15.8. The van der Waals surface area contributed by atoms with Crippen molar-refractivity contribution in [1.82, 2.24) is 14.5 Å². The number of ether oxygens (including phenoxy) is 1. The van der Waals surface area contributed by atoms with Gasteiger partial charge in [-0.05, 0) is 54.7 Å². The zero-order valence-electron chi connectivity index (χ0n) is 22.9. The van der Waals surface area contributed by atoms with Gasteiger partial charge in [0, 0.05) is 43.3 Å². The first-order chi connectivity index (χ1) is 18.4. The molecule has 210 valence electrons. The molecule has 1 aromatic carbocycles. The highest BCUT2D eigenvalue weighted by Crippen LogP contribution is 2.37. The molecule has 1 aliphatic heterocycles. The van der Waals surface area contributed by atoms with E-state index < -0.39 is 31.6 Å². The number of rotatable bonds is 8. The zero-order chi connectivity index (χ0) is 28.4. The van der Waals surface area contributed by atoms with E-state index in [1.54, 1.807) is 12.1 Å². The van der Waals surface area contributed by atoms with Gasteiger partial charge in [-0.1, -0.05) is 38.4 Å². The van der Waals surface area contributed by atoms with Crippen LogP contribution in [0.2, 0.25) is 23.2 Å². The molecule has 1 aliphatic rings. The fraction of sp³-hybridized carbons (Fsp3) is 0.464. The average Bonchev–Trinajstić information content (AvgIpc) is 2.88. The molecule has 0 saturated carbocycles. The molecule has 1 saturated heterocycles. The lowest BCUT2D eigenvalue weighted by Crippen LogP contribution is -2.43. The quantitative estimate of drug-likeness (QED) is 0.311. The largest absolute Gasteiger partial charge is 0.414 e. The average molecular weight is 577 g/mol. The predicted octanol–water partition coefficient (Wildman–Crippen LogP) is 6.44. The van der Waals surface area contributed by atoms with Crippen LogP contribution in [0.15, 0.2) is 47.5 Å². The number of nitrogens with one attached hydrogen (secondary N) is 1. The molecule has 7 nitrogen and oxygen atoms in total. The Morgan fingerprint density at radius 3 is 2.56 bits per heavy atom. The van der Waals surface area contributed by atoms with E-state index in [9.17, 15) is 9.18 Å². The molecule has 4 rings (SSSR count). The van der Waals surface area contributed by atoms with Gasteiger partial charge in [0.1, 0.15) is 11.6 Å². The van der Waals surface area contributed by atoms with E-state index in [0.717, 1.165) is 19.0 Å². The van der Waals surface area contributed by atoms with Gasteiger partial charge in [-0.25, -0.2) is 18.7 Å². The van der Waals surface area contributed by atoms with Crippen molar-refractivity contribution >= 4 is 25.9 Å². The maximum atomic E-state index is 15.6. The summed E-state index contributed by atoms with van der Waals surface area (Å²) in [5.41, 5.74) is 0.325. The summed E-state index contributed by atoms with van der Waals surface area (Å²) >= 11 is 5.91. The van der Waals surface area contributed by atoms with Crippen LogP contribution in [-0.2, 0) is 9.16 Å². The fourth-order valence-electron chi connectivity index (χ4n) is 4.13. The number of benzene rings is 1. The molecule has 0 aliphatic carbocycles. The highest BCUT2D eigenvalue weighted by Gasteiger charge is 2.38. The van der Waals surface area contributed by atoms with E-state index in [-0.39, 0.29) is 34.0 Å². The molecule has 39 heavy (non-hydrogen) atoms. The number of nitrogens with zero attached hydrogens (tertiary/aromatic N) is 3. The minimum atomic E-state index is -2.24. The SMILES string of the molecule is CC(C)(C)[Si](C)(C)OC[C@H](c1ccc(Cl)c(F)c1)n1cc(F)c(-c2ccnc(NC3CCOCC3)n2)cc1=O. The lowest BCUT2D eigenvalue weighted by atomic mass is 10.1. The molecule has 1 fully saturated rings. The van der Waals surface area contributed by atoms with Crippen LogP contribution in [0.5, 0.6) is 0 Å². The lowest BCUT2D eigenvalue weighted by molar-refractivity contribution is 0.0903. The number of hydrogen-bond donors (Lipinski definition) is 1. The van der Waals surface area contributed by atoms with Gasteiger partial charge in [0.15, 0.2) is 8.32 Å². The molecule has 1 N–H and O–H groups in total. The summed E-state index contributed by atoms with van der Waals surface area (Å²) in [7, 11) is -2.24. The Bertz CT molecular complexity index is 1370. The van der Waals surface area contributed by atoms with Crippen LogP contribution in [0.4, 0.5) is 14.7 Å². The summed E-state index contributed by atoms with van der Waals surface area (Å²) in [6.07, 6.45) is 4.31. The molecule has 11 heteroatoms. The van der Waals surface area contributed by atoms with Crippen molar-refractivity contribution < 1.29 is 17.9 Å². The van der Waals surface area contributed by atoms with Gasteiger partial charge in [-0.15, -0.1) is 0 Å². The van der Waals surface area contributed by atoms with Crippen molar-refractivity contribution in [3.05, 3.63) is 75.3 Å². The van der Waals surface area contributed by atoms with E-state index in [1.165, 1.54) is 29.0 Å². The van der Waals surface area contributed by atoms with Crippen molar-refractivity contribution in [1.29, 1.82) is 0 Å². The standard InChI is InChI=1S/C28H35ClF2N4O3Si/c1-28(2,3)39(4,5)38-17-25(18-6-7-21(29)22(30)14-18)35-16-23(31)20(15-26(35)36)24-8-11-32-27(34-24)33-19-9-12-37-13-10-19/h6-8,11,14-16,19,25H,9-10,12-13,17H2,1-5H3,(H,32,33,34)/t25-/m1/s1. The van der Waals surface area contributed by atoms with Crippen LogP contribution in [0, 0.1) is 11.6 Å². The molecule has 0 unspecified atom stereocenters. The first kappa shape index (κ1) is 29.3. The summed E-state index contributed by atoms with van der Waals surface area (Å²) in [5, 5.41) is 3.13. The first-order valence-electron chi connectivity index (χ1n) is 13.0. The maximum Gasteiger partial charge on any atom is 0.252 e. The number of halogens is 3. The Hall–Kier alpha value is -2.66. The molecule has 2 aromatic heterocycles. The second kappa shape index (κ2) is 11.8. The Morgan fingerprint density at radius 2 is 1.90 bits per heavy atom. The van der Waals surface area contributed by atoms with Crippen LogP contribution < -0.4 is 10.9 Å². The summed E-state index contributed by atoms with van der Waals surface area (Å²) in [5.74, 6) is -0.903. The summed E-state index contributed by atoms with van der Waals surface area (Å²) in [6, 6.07) is 6.48. The minimum Gasteiger partial charge on any atom is -0.414 e. The summed E-state index contributed by atoms with van der Waals surface area (Å²) in [6.45, 7) is 11.9. The second-order valence-electron chi connectivity index (χ2n) is 11.3. The Labute approximate surface area is 233 Å². The molecular weight excluding hydrogens is 542 g/mol. The third-order valence-electron chi connectivity index (χ3n) is 7.59. The lowest BCUT2D eigenvalue weighted by Gasteiger charge is -2.37. The van der Waals surface area contributed by atoms with E-state index >= 15 is 4.39 Å². The molecule has 1 atom stereocenters. The predicted molar refractivity (Wildman–Crippen MR) is 152 cm³/mol. The van der Waals surface area contributed by atoms with Gasteiger partial charge < -0.3 is 19.0 Å². The van der Waals surface area contributed by atoms with E-state index in [2.05, 4.69) is 49.1 Å². The number of aromatic nitrogens is 3. The molecule has 0 radical (unpaired) electrons. The van der Waals surface area contributed by atoms with Crippen LogP contribution >= 0.6 is 11.6 Å². The monoisotopic (exact) mass is 576 g/mol. The molecular formula is C28H35ClF2N4O3Si. The second-order valence-corrected chi connectivity index (χ2v) is 16.6. The third kappa shape index (κ3) is 6.92. The van der Waals surface area contributed by atoms with E-state index in [1.807, 2.05) is 0 Å². The molecule has 0 amide bonds. The molecule has 3 aromatic rings. The van der Waals surface area contributed by atoms with Crippen molar-refractivity contribution in [2.24, 2.45) is 0 Å². The Balaban J connectivity index is 1.68. The van der Waals surface area contributed by atoms with Crippen molar-refractivity contribution in [2.75, 3.05) is 25.1 Å². The number of pyridine rings is 1. The van der Waals surface area contributed by atoms with Gasteiger partial charge >= 0.3 is 0 Å². The van der Waals surface area contributed by atoms with Crippen molar-refractivity contribution in [3.63, 3.8) is 0 Å². The molecule has 0 bridgehead atoms. The van der Waals surface area contributed by atoms with Crippen LogP contribution in [0.1, 0.15) is 45.2 Å². The number of hydrogen-bond acceptors (Lipinski definition) is 6. The summed E-state index contributed by atoms with van der Waals surface area (Å²) in [4.78, 5) is 22.1. The van der Waals surface area contributed by atoms with Crippen LogP contribution in [-0.4, -0.2) is 48.7 Å². The van der Waals surface area contributed by atoms with Crippen LogP contribution in [0.25, 0.3) is 11.3 Å². The fourth-order valence-corrected chi connectivity index (χ4v) is 5.25.